The van der Waals surface area contributed by atoms with Gasteiger partial charge in [-0.25, -0.2) is 4.79 Å². The molecule has 0 aliphatic rings. The van der Waals surface area contributed by atoms with Gasteiger partial charge in [0.2, 0.25) is 5.89 Å². The summed E-state index contributed by atoms with van der Waals surface area (Å²) in [6, 6.07) is 11.0. The monoisotopic (exact) mass is 361 g/mol. The zero-order chi connectivity index (χ0) is 15.5. The maximum absolute atomic E-state index is 11.9. The van der Waals surface area contributed by atoms with Gasteiger partial charge in [0.05, 0.1) is 5.56 Å². The zero-order valence-electron chi connectivity index (χ0n) is 11.7. The Morgan fingerprint density at radius 2 is 2.09 bits per heavy atom. The summed E-state index contributed by atoms with van der Waals surface area (Å²) in [6.45, 7) is -0.0680. The number of carbonyl (C=O) groups excluding carboxylic acids is 1. The Hall–Kier alpha value is -2.41. The summed E-state index contributed by atoms with van der Waals surface area (Å²) < 4.78 is 13.2. The molecule has 0 saturated heterocycles. The molecule has 2 heterocycles. The fraction of sp³-hybridized carbons (Fsp3) is 0.133. The van der Waals surface area contributed by atoms with Crippen molar-refractivity contribution in [2.45, 2.75) is 6.61 Å². The van der Waals surface area contributed by atoms with E-state index in [0.717, 1.165) is 10.0 Å². The largest absolute Gasteiger partial charge is 0.451 e. The van der Waals surface area contributed by atoms with Crippen LogP contribution in [-0.4, -0.2) is 20.7 Å². The maximum Gasteiger partial charge on any atom is 0.355 e. The summed E-state index contributed by atoms with van der Waals surface area (Å²) >= 11 is 3.42. The third-order valence-electron chi connectivity index (χ3n) is 3.05. The van der Waals surface area contributed by atoms with Gasteiger partial charge in [-0.2, -0.15) is 0 Å². The number of aryl methyl sites for hydroxylation is 1. The molecule has 22 heavy (non-hydrogen) atoms. The maximum atomic E-state index is 11.9. The van der Waals surface area contributed by atoms with Gasteiger partial charge in [0.25, 0.3) is 5.89 Å². The summed E-state index contributed by atoms with van der Waals surface area (Å²) in [5, 5.41) is 7.85. The predicted octanol–water partition coefficient (Wildman–Crippen LogP) is 3.19. The first-order valence-corrected chi connectivity index (χ1v) is 7.30. The van der Waals surface area contributed by atoms with E-state index >= 15 is 0 Å². The first-order valence-electron chi connectivity index (χ1n) is 6.51. The molecule has 1 aromatic carbocycles. The average molecular weight is 362 g/mol. The number of hydrogen-bond donors (Lipinski definition) is 0. The lowest BCUT2D eigenvalue weighted by atomic mass is 10.2. The van der Waals surface area contributed by atoms with Crippen molar-refractivity contribution in [2.75, 3.05) is 0 Å². The Labute approximate surface area is 134 Å². The van der Waals surface area contributed by atoms with Gasteiger partial charge in [-0.05, 0) is 40.2 Å². The average Bonchev–Trinajstić information content (AvgIpc) is 3.14. The van der Waals surface area contributed by atoms with Gasteiger partial charge in [0.1, 0.15) is 5.69 Å². The molecule has 7 heteroatoms. The third-order valence-corrected chi connectivity index (χ3v) is 3.74. The van der Waals surface area contributed by atoms with Gasteiger partial charge in [-0.3, -0.25) is 0 Å². The van der Waals surface area contributed by atoms with Crippen LogP contribution in [0.15, 0.2) is 51.5 Å². The van der Waals surface area contributed by atoms with Gasteiger partial charge in [-0.1, -0.05) is 12.1 Å². The number of halogens is 1. The van der Waals surface area contributed by atoms with Crippen LogP contribution in [0.3, 0.4) is 0 Å². The second kappa shape index (κ2) is 6.15. The lowest BCUT2D eigenvalue weighted by molar-refractivity contribution is 0.0427. The molecule has 0 aliphatic heterocycles. The number of nitrogens with zero attached hydrogens (tertiary/aromatic N) is 3. The number of carbonyl (C=O) groups is 1. The third kappa shape index (κ3) is 2.94. The van der Waals surface area contributed by atoms with Gasteiger partial charge < -0.3 is 13.7 Å². The Morgan fingerprint density at radius 3 is 2.82 bits per heavy atom. The molecule has 0 saturated carbocycles. The van der Waals surface area contributed by atoms with Crippen LogP contribution in [0.1, 0.15) is 16.4 Å². The van der Waals surface area contributed by atoms with E-state index < -0.39 is 5.97 Å². The second-order valence-electron chi connectivity index (χ2n) is 4.56. The minimum absolute atomic E-state index is 0.0680. The Bertz CT molecular complexity index is 810. The number of benzene rings is 1. The van der Waals surface area contributed by atoms with E-state index in [1.807, 2.05) is 24.3 Å². The Morgan fingerprint density at radius 1 is 1.27 bits per heavy atom. The molecule has 0 fully saturated rings. The van der Waals surface area contributed by atoms with E-state index in [-0.39, 0.29) is 12.5 Å². The molecule has 2 aromatic heterocycles. The van der Waals surface area contributed by atoms with Crippen molar-refractivity contribution < 1.29 is 13.9 Å². The van der Waals surface area contributed by atoms with Crippen molar-refractivity contribution in [3.05, 3.63) is 58.7 Å². The van der Waals surface area contributed by atoms with Crippen molar-refractivity contribution in [1.29, 1.82) is 0 Å². The molecule has 0 N–H and O–H groups in total. The summed E-state index contributed by atoms with van der Waals surface area (Å²) in [7, 11) is 1.77. The molecule has 0 spiro atoms. The molecule has 0 aliphatic carbocycles. The molecule has 3 aromatic rings. The lowest BCUT2D eigenvalue weighted by Crippen LogP contribution is -2.09. The van der Waals surface area contributed by atoms with Crippen LogP contribution >= 0.6 is 15.9 Å². The van der Waals surface area contributed by atoms with Gasteiger partial charge in [0, 0.05) is 17.7 Å². The van der Waals surface area contributed by atoms with E-state index in [4.69, 9.17) is 9.15 Å². The van der Waals surface area contributed by atoms with Crippen molar-refractivity contribution in [3.8, 4) is 11.5 Å². The van der Waals surface area contributed by atoms with Crippen LogP contribution in [-0.2, 0) is 18.4 Å². The van der Waals surface area contributed by atoms with Crippen molar-refractivity contribution in [1.82, 2.24) is 14.8 Å². The SMILES string of the molecule is Cn1cccc1C(=O)OCc1nnc(-c2ccccc2Br)o1. The number of hydrogen-bond acceptors (Lipinski definition) is 5. The van der Waals surface area contributed by atoms with Crippen molar-refractivity contribution in [2.24, 2.45) is 7.05 Å². The highest BCUT2D eigenvalue weighted by atomic mass is 79.9. The zero-order valence-corrected chi connectivity index (χ0v) is 13.3. The molecule has 0 amide bonds. The molecule has 0 bridgehead atoms. The van der Waals surface area contributed by atoms with Gasteiger partial charge in [0.15, 0.2) is 6.61 Å². The van der Waals surface area contributed by atoms with Crippen LogP contribution in [0.25, 0.3) is 11.5 Å². The first kappa shape index (κ1) is 14.5. The summed E-state index contributed by atoms with van der Waals surface area (Å²) in [6.07, 6.45) is 1.77. The minimum atomic E-state index is -0.437. The van der Waals surface area contributed by atoms with E-state index in [2.05, 4.69) is 26.1 Å². The second-order valence-corrected chi connectivity index (χ2v) is 5.42. The van der Waals surface area contributed by atoms with E-state index in [9.17, 15) is 4.79 Å². The lowest BCUT2D eigenvalue weighted by Gasteiger charge is -2.02. The number of esters is 1. The molecule has 0 unspecified atom stereocenters. The molecular weight excluding hydrogens is 350 g/mol. The van der Waals surface area contributed by atoms with Crippen LogP contribution in [0.4, 0.5) is 0 Å². The summed E-state index contributed by atoms with van der Waals surface area (Å²) in [5.74, 6) is 0.179. The number of ether oxygens (including phenoxy) is 1. The van der Waals surface area contributed by atoms with E-state index in [0.29, 0.717) is 11.6 Å². The predicted molar refractivity (Wildman–Crippen MR) is 82.0 cm³/mol. The van der Waals surface area contributed by atoms with Gasteiger partial charge >= 0.3 is 5.97 Å². The highest BCUT2D eigenvalue weighted by Crippen LogP contribution is 2.26. The van der Waals surface area contributed by atoms with Crippen LogP contribution < -0.4 is 0 Å². The Kier molecular flexibility index (Phi) is 4.06. The normalized spacial score (nSPS) is 10.6. The Balaban J connectivity index is 1.69. The fourth-order valence-corrected chi connectivity index (χ4v) is 2.38. The molecule has 112 valence electrons. The topological polar surface area (TPSA) is 70.2 Å². The highest BCUT2D eigenvalue weighted by Gasteiger charge is 2.15. The quantitative estimate of drug-likeness (QED) is 0.667. The van der Waals surface area contributed by atoms with E-state index in [1.54, 1.807) is 29.9 Å². The fourth-order valence-electron chi connectivity index (χ4n) is 1.93. The highest BCUT2D eigenvalue weighted by molar-refractivity contribution is 9.10. The molecular formula is C15H12BrN3O3. The molecule has 0 radical (unpaired) electrons. The minimum Gasteiger partial charge on any atom is -0.451 e. The number of rotatable bonds is 4. The van der Waals surface area contributed by atoms with Gasteiger partial charge in [-0.15, -0.1) is 10.2 Å². The standard InChI is InChI=1S/C15H12BrN3O3/c1-19-8-4-7-12(19)15(20)21-9-13-17-18-14(22-13)10-5-2-3-6-11(10)16/h2-8H,9H2,1H3. The van der Waals surface area contributed by atoms with Crippen LogP contribution in [0.2, 0.25) is 0 Å². The smallest absolute Gasteiger partial charge is 0.355 e. The molecule has 0 atom stereocenters. The molecule has 3 rings (SSSR count). The van der Waals surface area contributed by atoms with E-state index in [1.165, 1.54) is 0 Å². The number of aromatic nitrogens is 3. The first-order chi connectivity index (χ1) is 10.6. The summed E-state index contributed by atoms with van der Waals surface area (Å²) in [5.41, 5.74) is 1.25. The molecule has 6 nitrogen and oxygen atoms in total. The van der Waals surface area contributed by atoms with Crippen molar-refractivity contribution >= 4 is 21.9 Å². The summed E-state index contributed by atoms with van der Waals surface area (Å²) in [4.78, 5) is 11.9. The van der Waals surface area contributed by atoms with Crippen LogP contribution in [0, 0.1) is 0 Å². The van der Waals surface area contributed by atoms with Crippen molar-refractivity contribution in [3.63, 3.8) is 0 Å². The van der Waals surface area contributed by atoms with Crippen LogP contribution in [0.5, 0.6) is 0 Å².